The number of nitrogens with one attached hydrogen (secondary N) is 1. The number of aryl methyl sites for hydroxylation is 1. The lowest BCUT2D eigenvalue weighted by Gasteiger charge is -1.94. The van der Waals surface area contributed by atoms with Crippen LogP contribution in [0.4, 0.5) is 5.13 Å². The summed E-state index contributed by atoms with van der Waals surface area (Å²) in [7, 11) is 0. The van der Waals surface area contributed by atoms with Gasteiger partial charge in [-0.25, -0.2) is 4.98 Å². The molecule has 0 aliphatic rings. The molecule has 0 saturated heterocycles. The molecular weight excluding hydrogens is 334 g/mol. The first-order valence-electron chi connectivity index (χ1n) is 6.13. The monoisotopic (exact) mass is 345 g/mol. The zero-order valence-electron chi connectivity index (χ0n) is 10.8. The topological polar surface area (TPSA) is 37.3 Å². The van der Waals surface area contributed by atoms with Gasteiger partial charge in [-0.3, -0.25) is 5.43 Å². The summed E-state index contributed by atoms with van der Waals surface area (Å²) in [5.74, 6) is 0. The highest BCUT2D eigenvalue weighted by Crippen LogP contribution is 2.28. The van der Waals surface area contributed by atoms with Gasteiger partial charge in [-0.1, -0.05) is 51.5 Å². The van der Waals surface area contributed by atoms with E-state index in [4.69, 9.17) is 0 Å². The molecule has 20 heavy (non-hydrogen) atoms. The number of thiazole rings is 1. The molecule has 3 nitrogen and oxygen atoms in total. The quantitative estimate of drug-likeness (QED) is 0.546. The molecule has 0 atom stereocenters. The minimum atomic E-state index is 0.808. The second-order valence-corrected chi connectivity index (χ2v) is 6.28. The van der Waals surface area contributed by atoms with Crippen LogP contribution in [-0.4, -0.2) is 11.2 Å². The van der Waals surface area contributed by atoms with E-state index in [1.807, 2.05) is 36.4 Å². The van der Waals surface area contributed by atoms with Crippen LogP contribution in [0.5, 0.6) is 0 Å². The fraction of sp³-hybridized carbons (Fsp3) is 0.0667. The molecule has 1 aromatic heterocycles. The van der Waals surface area contributed by atoms with E-state index in [-0.39, 0.29) is 0 Å². The lowest BCUT2D eigenvalue weighted by atomic mass is 10.2. The van der Waals surface area contributed by atoms with Crippen LogP contribution in [0.15, 0.2) is 52.0 Å². The Morgan fingerprint density at radius 2 is 2.00 bits per heavy atom. The Morgan fingerprint density at radius 3 is 2.75 bits per heavy atom. The van der Waals surface area contributed by atoms with Gasteiger partial charge < -0.3 is 0 Å². The number of halogens is 1. The van der Waals surface area contributed by atoms with Crippen LogP contribution < -0.4 is 5.43 Å². The molecule has 0 unspecified atom stereocenters. The number of fused-ring (bicyclic) bond motifs is 1. The van der Waals surface area contributed by atoms with Gasteiger partial charge in [0.05, 0.1) is 16.4 Å². The Balaban J connectivity index is 1.76. The van der Waals surface area contributed by atoms with Crippen molar-refractivity contribution in [1.29, 1.82) is 0 Å². The largest absolute Gasteiger partial charge is 0.253 e. The number of hydrazone groups is 1. The predicted molar refractivity (Wildman–Crippen MR) is 89.7 cm³/mol. The van der Waals surface area contributed by atoms with Gasteiger partial charge in [-0.2, -0.15) is 5.10 Å². The smallest absolute Gasteiger partial charge is 0.204 e. The third-order valence-electron chi connectivity index (χ3n) is 2.86. The summed E-state index contributed by atoms with van der Waals surface area (Å²) in [6.45, 7) is 2.09. The molecule has 1 N–H and O–H groups in total. The van der Waals surface area contributed by atoms with Gasteiger partial charge in [-0.15, -0.1) is 0 Å². The van der Waals surface area contributed by atoms with Gasteiger partial charge in [0.25, 0.3) is 0 Å². The highest BCUT2D eigenvalue weighted by Gasteiger charge is 2.04. The molecule has 0 spiro atoms. The van der Waals surface area contributed by atoms with Crippen molar-refractivity contribution in [1.82, 2.24) is 4.98 Å². The number of aromatic nitrogens is 1. The maximum absolute atomic E-state index is 4.51. The minimum Gasteiger partial charge on any atom is -0.253 e. The van der Waals surface area contributed by atoms with Gasteiger partial charge in [0.2, 0.25) is 5.13 Å². The Kier molecular flexibility index (Phi) is 3.80. The molecule has 5 heteroatoms. The van der Waals surface area contributed by atoms with Crippen molar-refractivity contribution in [3.63, 3.8) is 0 Å². The Labute approximate surface area is 129 Å². The minimum absolute atomic E-state index is 0.808. The number of rotatable bonds is 3. The van der Waals surface area contributed by atoms with Crippen LogP contribution >= 0.6 is 27.3 Å². The summed E-state index contributed by atoms with van der Waals surface area (Å²) >= 11 is 5.03. The number of hydrogen-bond acceptors (Lipinski definition) is 4. The third kappa shape index (κ3) is 2.89. The molecule has 2 aromatic carbocycles. The first kappa shape index (κ1) is 13.3. The van der Waals surface area contributed by atoms with Crippen molar-refractivity contribution in [2.75, 3.05) is 5.43 Å². The first-order chi connectivity index (χ1) is 9.72. The summed E-state index contributed by atoms with van der Waals surface area (Å²) in [5, 5.41) is 5.03. The predicted octanol–water partition coefficient (Wildman–Crippen LogP) is 4.81. The van der Waals surface area contributed by atoms with Gasteiger partial charge in [0, 0.05) is 4.47 Å². The third-order valence-corrected chi connectivity index (χ3v) is 4.50. The fourth-order valence-corrected chi connectivity index (χ4v) is 2.99. The van der Waals surface area contributed by atoms with Crippen molar-refractivity contribution in [3.05, 3.63) is 58.1 Å². The molecule has 0 saturated carbocycles. The van der Waals surface area contributed by atoms with Gasteiger partial charge in [-0.05, 0) is 36.2 Å². The number of benzene rings is 2. The molecule has 3 rings (SSSR count). The average Bonchev–Trinajstić information content (AvgIpc) is 2.85. The normalized spacial score (nSPS) is 11.3. The molecular formula is C15H12BrN3S. The molecule has 0 aliphatic carbocycles. The van der Waals surface area contributed by atoms with E-state index in [0.717, 1.165) is 20.7 Å². The van der Waals surface area contributed by atoms with Crippen LogP contribution in [0.25, 0.3) is 10.2 Å². The van der Waals surface area contributed by atoms with Crippen LogP contribution in [0, 0.1) is 6.92 Å². The van der Waals surface area contributed by atoms with Crippen molar-refractivity contribution >= 4 is 48.8 Å². The van der Waals surface area contributed by atoms with E-state index < -0.39 is 0 Å². The maximum Gasteiger partial charge on any atom is 0.204 e. The Morgan fingerprint density at radius 1 is 1.20 bits per heavy atom. The van der Waals surface area contributed by atoms with Gasteiger partial charge in [0.1, 0.15) is 0 Å². The lowest BCUT2D eigenvalue weighted by Crippen LogP contribution is -1.89. The standard InChI is InChI=1S/C15H12BrN3S/c1-10-3-2-4-13-14(10)20-15(18-13)19-17-9-11-5-7-12(16)8-6-11/h2-9H,1H3,(H,18,19)/b17-9-. The van der Waals surface area contributed by atoms with Gasteiger partial charge >= 0.3 is 0 Å². The zero-order chi connectivity index (χ0) is 13.9. The van der Waals surface area contributed by atoms with E-state index in [1.54, 1.807) is 17.6 Å². The SMILES string of the molecule is Cc1cccc2nc(N/N=C\c3ccc(Br)cc3)sc12. The summed E-state index contributed by atoms with van der Waals surface area (Å²) in [5.41, 5.74) is 6.28. The second kappa shape index (κ2) is 5.73. The Bertz CT molecular complexity index is 762. The maximum atomic E-state index is 4.51. The van der Waals surface area contributed by atoms with Crippen molar-refractivity contribution in [3.8, 4) is 0 Å². The first-order valence-corrected chi connectivity index (χ1v) is 7.74. The van der Waals surface area contributed by atoms with E-state index in [0.29, 0.717) is 0 Å². The van der Waals surface area contributed by atoms with Crippen LogP contribution in [0.1, 0.15) is 11.1 Å². The van der Waals surface area contributed by atoms with Crippen LogP contribution in [0.3, 0.4) is 0 Å². The van der Waals surface area contributed by atoms with E-state index >= 15 is 0 Å². The van der Waals surface area contributed by atoms with E-state index in [9.17, 15) is 0 Å². The number of anilines is 1. The number of nitrogens with zero attached hydrogens (tertiary/aromatic N) is 2. The highest BCUT2D eigenvalue weighted by molar-refractivity contribution is 9.10. The molecule has 100 valence electrons. The van der Waals surface area contributed by atoms with Gasteiger partial charge in [0.15, 0.2) is 0 Å². The molecule has 0 fully saturated rings. The highest BCUT2D eigenvalue weighted by atomic mass is 79.9. The van der Waals surface area contributed by atoms with Crippen molar-refractivity contribution in [2.24, 2.45) is 5.10 Å². The lowest BCUT2D eigenvalue weighted by molar-refractivity contribution is 1.31. The molecule has 1 heterocycles. The fourth-order valence-electron chi connectivity index (χ4n) is 1.85. The summed E-state index contributed by atoms with van der Waals surface area (Å²) in [4.78, 5) is 4.51. The Hall–Kier alpha value is -1.72. The van der Waals surface area contributed by atoms with Crippen LogP contribution in [0.2, 0.25) is 0 Å². The zero-order valence-corrected chi connectivity index (χ0v) is 13.2. The number of hydrogen-bond donors (Lipinski definition) is 1. The van der Waals surface area contributed by atoms with Crippen LogP contribution in [-0.2, 0) is 0 Å². The van der Waals surface area contributed by atoms with E-state index in [2.05, 4.69) is 44.4 Å². The second-order valence-electron chi connectivity index (χ2n) is 4.36. The van der Waals surface area contributed by atoms with Crippen molar-refractivity contribution in [2.45, 2.75) is 6.92 Å². The molecule has 3 aromatic rings. The molecule has 0 aliphatic heterocycles. The summed E-state index contributed by atoms with van der Waals surface area (Å²) < 4.78 is 2.26. The molecule has 0 radical (unpaired) electrons. The molecule has 0 bridgehead atoms. The summed E-state index contributed by atoms with van der Waals surface area (Å²) in [6.07, 6.45) is 1.78. The van der Waals surface area contributed by atoms with Crippen molar-refractivity contribution < 1.29 is 0 Å². The van der Waals surface area contributed by atoms with E-state index in [1.165, 1.54) is 10.3 Å². The average molecular weight is 346 g/mol. The molecule has 0 amide bonds. The summed E-state index contributed by atoms with van der Waals surface area (Å²) in [6, 6.07) is 14.1.